The monoisotopic (exact) mass is 324 g/mol. The quantitative estimate of drug-likeness (QED) is 0.653. The molecule has 0 atom stereocenters. The second-order valence-electron chi connectivity index (χ2n) is 5.48. The number of cyclic esters (lactones) is 1. The molecular formula is C18H20N4O2. The van der Waals surface area contributed by atoms with Gasteiger partial charge in [0.2, 0.25) is 0 Å². The molecule has 1 saturated heterocycles. The first-order valence-corrected chi connectivity index (χ1v) is 7.83. The predicted molar refractivity (Wildman–Crippen MR) is 93.7 cm³/mol. The van der Waals surface area contributed by atoms with Crippen LogP contribution in [0.4, 0.5) is 10.5 Å². The van der Waals surface area contributed by atoms with Crippen molar-refractivity contribution >= 4 is 17.7 Å². The molecule has 6 heteroatoms. The Balaban J connectivity index is 1.58. The van der Waals surface area contributed by atoms with Crippen LogP contribution in [-0.2, 0) is 17.8 Å². The number of hydrogen-bond donors (Lipinski definition) is 2. The van der Waals surface area contributed by atoms with Crippen molar-refractivity contribution in [2.75, 3.05) is 18.1 Å². The Morgan fingerprint density at radius 1 is 1.17 bits per heavy atom. The fourth-order valence-corrected chi connectivity index (χ4v) is 2.47. The van der Waals surface area contributed by atoms with Gasteiger partial charge in [-0.15, -0.1) is 0 Å². The number of aliphatic imine (C=N–C) groups is 1. The zero-order valence-electron chi connectivity index (χ0n) is 13.3. The van der Waals surface area contributed by atoms with Crippen LogP contribution in [0.5, 0.6) is 0 Å². The molecule has 3 N–H and O–H groups in total. The summed E-state index contributed by atoms with van der Waals surface area (Å²) in [5.41, 5.74) is 8.85. The van der Waals surface area contributed by atoms with Crippen LogP contribution >= 0.6 is 0 Å². The number of rotatable bonds is 5. The summed E-state index contributed by atoms with van der Waals surface area (Å²) >= 11 is 0. The van der Waals surface area contributed by atoms with Gasteiger partial charge in [0.25, 0.3) is 0 Å². The molecule has 1 aliphatic heterocycles. The lowest BCUT2D eigenvalue weighted by Crippen LogP contribution is -2.31. The summed E-state index contributed by atoms with van der Waals surface area (Å²) in [6.07, 6.45) is -0.306. The van der Waals surface area contributed by atoms with Gasteiger partial charge in [0.1, 0.15) is 6.61 Å². The molecule has 1 fully saturated rings. The molecule has 0 radical (unpaired) electrons. The third kappa shape index (κ3) is 4.04. The Bertz CT molecular complexity index is 731. The number of ether oxygens (including phenoxy) is 1. The summed E-state index contributed by atoms with van der Waals surface area (Å²) in [4.78, 5) is 17.6. The summed E-state index contributed by atoms with van der Waals surface area (Å²) in [6, 6.07) is 17.7. The number of anilines is 1. The number of carbonyl (C=O) groups excluding carboxylic acids is 1. The van der Waals surface area contributed by atoms with Crippen LogP contribution in [0.25, 0.3) is 0 Å². The van der Waals surface area contributed by atoms with Crippen molar-refractivity contribution in [1.82, 2.24) is 5.32 Å². The predicted octanol–water partition coefficient (Wildman–Crippen LogP) is 2.25. The van der Waals surface area contributed by atoms with Crippen molar-refractivity contribution in [2.45, 2.75) is 13.1 Å². The maximum Gasteiger partial charge on any atom is 0.414 e. The highest BCUT2D eigenvalue weighted by atomic mass is 16.6. The minimum absolute atomic E-state index is 0.306. The van der Waals surface area contributed by atoms with Crippen molar-refractivity contribution in [3.63, 3.8) is 0 Å². The molecule has 1 heterocycles. The van der Waals surface area contributed by atoms with Crippen LogP contribution in [-0.4, -0.2) is 25.2 Å². The molecular weight excluding hydrogens is 304 g/mol. The van der Waals surface area contributed by atoms with Crippen LogP contribution in [0.1, 0.15) is 11.1 Å². The summed E-state index contributed by atoms with van der Waals surface area (Å²) in [6.45, 7) is 2.09. The molecule has 2 aromatic carbocycles. The third-order valence-corrected chi connectivity index (χ3v) is 3.73. The van der Waals surface area contributed by atoms with E-state index in [1.54, 1.807) is 4.90 Å². The maximum absolute atomic E-state index is 11.6. The van der Waals surface area contributed by atoms with Gasteiger partial charge in [-0.2, -0.15) is 0 Å². The van der Waals surface area contributed by atoms with E-state index in [4.69, 9.17) is 10.5 Å². The number of nitrogens with zero attached hydrogens (tertiary/aromatic N) is 2. The van der Waals surface area contributed by atoms with Crippen LogP contribution < -0.4 is 16.0 Å². The number of amides is 1. The third-order valence-electron chi connectivity index (χ3n) is 3.73. The smallest absolute Gasteiger partial charge is 0.414 e. The van der Waals surface area contributed by atoms with E-state index in [2.05, 4.69) is 10.3 Å². The number of nitrogens with two attached hydrogens (primary N) is 1. The summed E-state index contributed by atoms with van der Waals surface area (Å²) in [5, 5.41) is 3.09. The van der Waals surface area contributed by atoms with Gasteiger partial charge >= 0.3 is 6.09 Å². The first-order chi connectivity index (χ1) is 11.7. The summed E-state index contributed by atoms with van der Waals surface area (Å²) < 4.78 is 4.96. The van der Waals surface area contributed by atoms with Crippen molar-refractivity contribution in [1.29, 1.82) is 0 Å². The van der Waals surface area contributed by atoms with E-state index in [-0.39, 0.29) is 6.09 Å². The average Bonchev–Trinajstić information content (AvgIpc) is 3.05. The normalized spacial score (nSPS) is 14.6. The average molecular weight is 324 g/mol. The molecule has 6 nitrogen and oxygen atoms in total. The van der Waals surface area contributed by atoms with Gasteiger partial charge in [-0.05, 0) is 23.3 Å². The van der Waals surface area contributed by atoms with E-state index in [1.807, 2.05) is 54.6 Å². The van der Waals surface area contributed by atoms with E-state index in [0.717, 1.165) is 16.8 Å². The maximum atomic E-state index is 11.6. The number of nitrogens with one attached hydrogen (secondary N) is 1. The largest absolute Gasteiger partial charge is 0.447 e. The van der Waals surface area contributed by atoms with Crippen LogP contribution in [0.2, 0.25) is 0 Å². The topological polar surface area (TPSA) is 79.9 Å². The Hall–Kier alpha value is -3.02. The van der Waals surface area contributed by atoms with Gasteiger partial charge in [-0.3, -0.25) is 4.90 Å². The molecule has 3 rings (SSSR count). The van der Waals surface area contributed by atoms with Gasteiger partial charge < -0.3 is 15.8 Å². The second kappa shape index (κ2) is 7.50. The fourth-order valence-electron chi connectivity index (χ4n) is 2.47. The molecule has 124 valence electrons. The van der Waals surface area contributed by atoms with Gasteiger partial charge in [-0.1, -0.05) is 42.5 Å². The highest BCUT2D eigenvalue weighted by Gasteiger charge is 2.23. The van der Waals surface area contributed by atoms with E-state index in [1.165, 1.54) is 0 Å². The molecule has 1 amide bonds. The van der Waals surface area contributed by atoms with E-state index >= 15 is 0 Å². The number of benzene rings is 2. The number of hydrogen-bond acceptors (Lipinski definition) is 3. The number of carbonyl (C=O) groups is 1. The molecule has 0 aliphatic carbocycles. The van der Waals surface area contributed by atoms with Gasteiger partial charge in [-0.25, -0.2) is 9.79 Å². The lowest BCUT2D eigenvalue weighted by Gasteiger charge is -2.13. The summed E-state index contributed by atoms with van der Waals surface area (Å²) in [7, 11) is 0. The lowest BCUT2D eigenvalue weighted by atomic mass is 10.2. The Kier molecular flexibility index (Phi) is 4.96. The zero-order chi connectivity index (χ0) is 16.8. The second-order valence-corrected chi connectivity index (χ2v) is 5.48. The lowest BCUT2D eigenvalue weighted by molar-refractivity contribution is 0.181. The fraction of sp³-hybridized carbons (Fsp3) is 0.222. The van der Waals surface area contributed by atoms with Crippen molar-refractivity contribution < 1.29 is 9.53 Å². The molecule has 0 aromatic heterocycles. The molecule has 0 bridgehead atoms. The van der Waals surface area contributed by atoms with E-state index < -0.39 is 0 Å². The number of guanidine groups is 1. The summed E-state index contributed by atoms with van der Waals surface area (Å²) in [5.74, 6) is 0.393. The highest BCUT2D eigenvalue weighted by molar-refractivity contribution is 5.89. The van der Waals surface area contributed by atoms with E-state index in [9.17, 15) is 4.79 Å². The van der Waals surface area contributed by atoms with Crippen molar-refractivity contribution in [2.24, 2.45) is 10.7 Å². The van der Waals surface area contributed by atoms with Crippen LogP contribution in [0.15, 0.2) is 59.6 Å². The first kappa shape index (κ1) is 15.9. The Labute approximate surface area is 140 Å². The molecule has 24 heavy (non-hydrogen) atoms. The molecule has 2 aromatic rings. The SMILES string of the molecule is NC(=NCc1cccc(N2CCOC2=O)c1)NCc1ccccc1. The molecule has 0 spiro atoms. The van der Waals surface area contributed by atoms with Crippen LogP contribution in [0, 0.1) is 0 Å². The Morgan fingerprint density at radius 2 is 1.96 bits per heavy atom. The van der Waals surface area contributed by atoms with Crippen molar-refractivity contribution in [3.8, 4) is 0 Å². The molecule has 0 unspecified atom stereocenters. The highest BCUT2D eigenvalue weighted by Crippen LogP contribution is 2.20. The van der Waals surface area contributed by atoms with Gasteiger partial charge in [0, 0.05) is 12.2 Å². The molecule has 0 saturated carbocycles. The van der Waals surface area contributed by atoms with E-state index in [0.29, 0.717) is 32.2 Å². The minimum atomic E-state index is -0.306. The molecule has 1 aliphatic rings. The standard InChI is InChI=1S/C18H20N4O2/c19-17(20-12-14-5-2-1-3-6-14)21-13-15-7-4-8-16(11-15)22-9-10-24-18(22)23/h1-8,11H,9-10,12-13H2,(H3,19,20,21). The minimum Gasteiger partial charge on any atom is -0.447 e. The Morgan fingerprint density at radius 3 is 2.71 bits per heavy atom. The first-order valence-electron chi connectivity index (χ1n) is 7.83. The van der Waals surface area contributed by atoms with Crippen LogP contribution in [0.3, 0.4) is 0 Å². The van der Waals surface area contributed by atoms with Gasteiger partial charge in [0.15, 0.2) is 5.96 Å². The van der Waals surface area contributed by atoms with Crippen molar-refractivity contribution in [3.05, 3.63) is 65.7 Å². The van der Waals surface area contributed by atoms with Gasteiger partial charge in [0.05, 0.1) is 13.1 Å². The zero-order valence-corrected chi connectivity index (χ0v) is 13.3.